The smallest absolute Gasteiger partial charge is 0.417 e. The van der Waals surface area contributed by atoms with E-state index in [9.17, 15) is 14.4 Å². The van der Waals surface area contributed by atoms with Gasteiger partial charge in [-0.3, -0.25) is 4.79 Å². The van der Waals surface area contributed by atoms with Gasteiger partial charge >= 0.3 is 12.2 Å². The van der Waals surface area contributed by atoms with Gasteiger partial charge in [-0.1, -0.05) is 54.1 Å². The molecule has 2 aromatic carbocycles. The number of halogens is 1. The highest BCUT2D eigenvalue weighted by atomic mass is 35.5. The predicted octanol–water partition coefficient (Wildman–Crippen LogP) is 5.80. The number of hydrogen-bond donors (Lipinski definition) is 0. The van der Waals surface area contributed by atoms with Crippen LogP contribution in [-0.2, 0) is 20.7 Å². The van der Waals surface area contributed by atoms with Crippen molar-refractivity contribution >= 4 is 29.7 Å². The second-order valence-corrected chi connectivity index (χ2v) is 10.8. The Morgan fingerprint density at radius 2 is 1.78 bits per heavy atom. The van der Waals surface area contributed by atoms with Crippen LogP contribution in [-0.4, -0.2) is 58.7 Å². The molecule has 0 aliphatic carbocycles. The third-order valence-corrected chi connectivity index (χ3v) is 6.82. The van der Waals surface area contributed by atoms with Crippen LogP contribution in [0.3, 0.4) is 0 Å². The van der Waals surface area contributed by atoms with Crippen molar-refractivity contribution in [3.05, 3.63) is 70.7 Å². The van der Waals surface area contributed by atoms with Gasteiger partial charge < -0.3 is 14.4 Å². The van der Waals surface area contributed by atoms with Gasteiger partial charge in [0.15, 0.2) is 0 Å². The maximum atomic E-state index is 14.2. The maximum Gasteiger partial charge on any atom is 0.417 e. The van der Waals surface area contributed by atoms with E-state index in [0.29, 0.717) is 30.0 Å². The molecule has 0 bridgehead atoms. The molecule has 36 heavy (non-hydrogen) atoms. The highest BCUT2D eigenvalue weighted by Crippen LogP contribution is 2.35. The van der Waals surface area contributed by atoms with Crippen LogP contribution in [0.25, 0.3) is 0 Å². The van der Waals surface area contributed by atoms with Crippen molar-refractivity contribution in [1.29, 1.82) is 0 Å². The average Bonchev–Trinajstić information content (AvgIpc) is 3.20. The predicted molar refractivity (Wildman–Crippen MR) is 137 cm³/mol. The fraction of sp³-hybridized carbons (Fsp3) is 0.464. The second-order valence-electron chi connectivity index (χ2n) is 10.4. The molecule has 7 nitrogen and oxygen atoms in total. The third-order valence-electron chi connectivity index (χ3n) is 6.57. The van der Waals surface area contributed by atoms with Gasteiger partial charge in [-0.25, -0.2) is 14.5 Å². The lowest BCUT2D eigenvalue weighted by Gasteiger charge is -2.41. The number of ether oxygens (including phenoxy) is 2. The Morgan fingerprint density at radius 1 is 1.08 bits per heavy atom. The molecule has 2 aliphatic rings. The molecule has 8 heteroatoms. The number of rotatable bonds is 5. The quantitative estimate of drug-likeness (QED) is 0.505. The first-order valence-corrected chi connectivity index (χ1v) is 12.8. The molecule has 0 spiro atoms. The largest absolute Gasteiger partial charge is 0.447 e. The fourth-order valence-electron chi connectivity index (χ4n) is 4.97. The summed E-state index contributed by atoms with van der Waals surface area (Å²) in [5.74, 6) is -1.14. The SMILES string of the molecule is CC(C)(C)OC(=O)N1CCCCC1C(C(=O)N1C(=O)OCC1Cc1ccccc1)c1ccc(Cl)cc1. The number of benzene rings is 2. The zero-order valence-electron chi connectivity index (χ0n) is 21.0. The summed E-state index contributed by atoms with van der Waals surface area (Å²) in [7, 11) is 0. The maximum absolute atomic E-state index is 14.2. The van der Waals surface area contributed by atoms with Gasteiger partial charge in [0, 0.05) is 11.6 Å². The lowest BCUT2D eigenvalue weighted by molar-refractivity contribution is -0.132. The number of cyclic esters (lactones) is 1. The molecular weight excluding hydrogens is 480 g/mol. The molecule has 2 aliphatic heterocycles. The van der Waals surface area contributed by atoms with Gasteiger partial charge in [0.25, 0.3) is 0 Å². The van der Waals surface area contributed by atoms with Crippen LogP contribution in [0.1, 0.15) is 57.1 Å². The minimum atomic E-state index is -0.765. The zero-order valence-corrected chi connectivity index (χ0v) is 21.7. The molecule has 0 radical (unpaired) electrons. The number of likely N-dealkylation sites (tertiary alicyclic amines) is 1. The van der Waals surface area contributed by atoms with E-state index < -0.39 is 35.8 Å². The summed E-state index contributed by atoms with van der Waals surface area (Å²) in [5.41, 5.74) is 1.04. The lowest BCUT2D eigenvalue weighted by atomic mass is 9.84. The van der Waals surface area contributed by atoms with Gasteiger partial charge in [0.2, 0.25) is 5.91 Å². The minimum Gasteiger partial charge on any atom is -0.447 e. The number of piperidine rings is 1. The first-order chi connectivity index (χ1) is 17.1. The van der Waals surface area contributed by atoms with Crippen molar-refractivity contribution in [3.8, 4) is 0 Å². The van der Waals surface area contributed by atoms with Crippen molar-refractivity contribution in [1.82, 2.24) is 9.80 Å². The third kappa shape index (κ3) is 6.01. The fourth-order valence-corrected chi connectivity index (χ4v) is 5.09. The molecule has 3 atom stereocenters. The number of nitrogens with zero attached hydrogens (tertiary/aromatic N) is 2. The van der Waals surface area contributed by atoms with Gasteiger partial charge in [-0.2, -0.15) is 0 Å². The normalized spacial score (nSPS) is 21.2. The van der Waals surface area contributed by atoms with E-state index in [1.165, 1.54) is 4.90 Å². The summed E-state index contributed by atoms with van der Waals surface area (Å²) in [4.78, 5) is 43.1. The van der Waals surface area contributed by atoms with Gasteiger partial charge in [0.05, 0.1) is 18.0 Å². The zero-order chi connectivity index (χ0) is 25.9. The summed E-state index contributed by atoms with van der Waals surface area (Å²) in [6, 6.07) is 15.8. The standard InChI is InChI=1S/C28H33ClN2O5/c1-28(2,3)36-26(33)30-16-8-7-11-23(30)24(20-12-14-21(29)15-13-20)25(32)31-22(18-35-27(31)34)17-19-9-5-4-6-10-19/h4-6,9-10,12-15,22-24H,7-8,11,16-18H2,1-3H3. The number of imide groups is 1. The van der Waals surface area contributed by atoms with Crippen molar-refractivity contribution in [3.63, 3.8) is 0 Å². The Bertz CT molecular complexity index is 1080. The van der Waals surface area contributed by atoms with Gasteiger partial charge in [-0.15, -0.1) is 0 Å². The Balaban J connectivity index is 1.69. The van der Waals surface area contributed by atoms with Crippen LogP contribution < -0.4 is 0 Å². The minimum absolute atomic E-state index is 0.132. The summed E-state index contributed by atoms with van der Waals surface area (Å²) >= 11 is 6.14. The van der Waals surface area contributed by atoms with Crippen molar-refractivity contribution < 1.29 is 23.9 Å². The van der Waals surface area contributed by atoms with Crippen molar-refractivity contribution in [2.24, 2.45) is 0 Å². The van der Waals surface area contributed by atoms with E-state index in [-0.39, 0.29) is 12.5 Å². The van der Waals surface area contributed by atoms with Crippen LogP contribution in [0.4, 0.5) is 9.59 Å². The molecule has 0 saturated carbocycles. The number of carbonyl (C=O) groups excluding carboxylic acids is 3. The average molecular weight is 513 g/mol. The van der Waals surface area contributed by atoms with E-state index in [2.05, 4.69) is 0 Å². The Hall–Kier alpha value is -3.06. The summed E-state index contributed by atoms with van der Waals surface area (Å²) in [6.07, 6.45) is 1.68. The van der Waals surface area contributed by atoms with Crippen LogP contribution in [0.2, 0.25) is 5.02 Å². The van der Waals surface area contributed by atoms with Crippen LogP contribution in [0.15, 0.2) is 54.6 Å². The van der Waals surface area contributed by atoms with Crippen molar-refractivity contribution in [2.45, 2.75) is 70.1 Å². The number of carbonyl (C=O) groups is 3. The monoisotopic (exact) mass is 512 g/mol. The molecular formula is C28H33ClN2O5. The molecule has 2 fully saturated rings. The molecule has 4 rings (SSSR count). The van der Waals surface area contributed by atoms with Crippen LogP contribution in [0, 0.1) is 0 Å². The summed E-state index contributed by atoms with van der Waals surface area (Å²) in [5, 5.41) is 0.542. The molecule has 2 aromatic rings. The first-order valence-electron chi connectivity index (χ1n) is 12.4. The molecule has 2 heterocycles. The number of amides is 3. The van der Waals surface area contributed by atoms with Crippen molar-refractivity contribution in [2.75, 3.05) is 13.2 Å². The Morgan fingerprint density at radius 3 is 2.44 bits per heavy atom. The topological polar surface area (TPSA) is 76.2 Å². The van der Waals surface area contributed by atoms with E-state index in [0.717, 1.165) is 18.4 Å². The van der Waals surface area contributed by atoms with Crippen LogP contribution >= 0.6 is 11.6 Å². The van der Waals surface area contributed by atoms with Gasteiger partial charge in [-0.05, 0) is 69.7 Å². The lowest BCUT2D eigenvalue weighted by Crippen LogP contribution is -2.53. The first kappa shape index (κ1) is 26.0. The summed E-state index contributed by atoms with van der Waals surface area (Å²) < 4.78 is 11.0. The number of hydrogen-bond acceptors (Lipinski definition) is 5. The molecule has 0 aromatic heterocycles. The van der Waals surface area contributed by atoms with E-state index in [1.807, 2.05) is 51.1 Å². The molecule has 0 N–H and O–H groups in total. The van der Waals surface area contributed by atoms with E-state index >= 15 is 0 Å². The van der Waals surface area contributed by atoms with Crippen LogP contribution in [0.5, 0.6) is 0 Å². The Labute approximate surface area is 217 Å². The molecule has 3 unspecified atom stereocenters. The highest BCUT2D eigenvalue weighted by molar-refractivity contribution is 6.30. The molecule has 2 saturated heterocycles. The van der Waals surface area contributed by atoms with Gasteiger partial charge in [0.1, 0.15) is 12.2 Å². The second kappa shape index (κ2) is 10.9. The summed E-state index contributed by atoms with van der Waals surface area (Å²) in [6.45, 7) is 6.07. The van der Waals surface area contributed by atoms with E-state index in [4.69, 9.17) is 21.1 Å². The van der Waals surface area contributed by atoms with E-state index in [1.54, 1.807) is 29.2 Å². The Kier molecular flexibility index (Phi) is 7.88. The molecule has 3 amide bonds. The highest BCUT2D eigenvalue weighted by Gasteiger charge is 2.46. The molecule has 192 valence electrons.